The van der Waals surface area contributed by atoms with E-state index in [9.17, 15) is 19.2 Å². The number of benzene rings is 5. The summed E-state index contributed by atoms with van der Waals surface area (Å²) in [7, 11) is 1.32. The van der Waals surface area contributed by atoms with E-state index in [1.165, 1.54) is 42.0 Å². The van der Waals surface area contributed by atoms with Gasteiger partial charge in [-0.15, -0.1) is 45.9 Å². The van der Waals surface area contributed by atoms with Crippen LogP contribution >= 0.6 is 47.1 Å². The third kappa shape index (κ3) is 9.82. The minimum absolute atomic E-state index is 0.0102. The summed E-state index contributed by atoms with van der Waals surface area (Å²) in [5.41, 5.74) is 3.95. The number of thioether (sulfide) groups is 1. The third-order valence-corrected chi connectivity index (χ3v) is 14.6. The van der Waals surface area contributed by atoms with Crippen LogP contribution in [0.15, 0.2) is 180 Å². The van der Waals surface area contributed by atoms with E-state index in [4.69, 9.17) is 27.2 Å². The molecule has 346 valence electrons. The van der Waals surface area contributed by atoms with Gasteiger partial charge in [0.2, 0.25) is 11.0 Å². The first-order valence-corrected chi connectivity index (χ1v) is 24.7. The van der Waals surface area contributed by atoms with Crippen LogP contribution in [0.4, 0.5) is 10.3 Å². The molecule has 3 N–H and O–H groups in total. The van der Waals surface area contributed by atoms with Crippen LogP contribution < -0.4 is 16.0 Å². The van der Waals surface area contributed by atoms with Crippen molar-refractivity contribution >= 4 is 91.6 Å². The minimum Gasteiger partial charge on any atom is -0.448 e. The van der Waals surface area contributed by atoms with E-state index in [2.05, 4.69) is 67.7 Å². The van der Waals surface area contributed by atoms with E-state index in [1.807, 2.05) is 115 Å². The number of nitrogens with one attached hydrogen (secondary N) is 3. The molecule has 0 saturated carbocycles. The first kappa shape index (κ1) is 46.7. The molecule has 18 heteroatoms. The minimum atomic E-state index is -1.06. The summed E-state index contributed by atoms with van der Waals surface area (Å²) < 4.78 is 6.33. The zero-order valence-corrected chi connectivity index (χ0v) is 40.2. The zero-order valence-electron chi connectivity index (χ0n) is 36.9. The number of nitrogens with zero attached hydrogens (tertiary/aromatic N) is 5. The number of fused-ring (bicyclic) bond motifs is 1. The molecule has 1 fully saturated rings. The number of allylic oxidation sites excluding steroid dienone is 1. The molecule has 2 aromatic heterocycles. The van der Waals surface area contributed by atoms with Crippen molar-refractivity contribution < 1.29 is 28.8 Å². The summed E-state index contributed by atoms with van der Waals surface area (Å²) in [4.78, 5) is 66.9. The Morgan fingerprint density at radius 1 is 0.812 bits per heavy atom. The van der Waals surface area contributed by atoms with Crippen LogP contribution in [0.2, 0.25) is 0 Å². The Morgan fingerprint density at radius 2 is 1.36 bits per heavy atom. The summed E-state index contributed by atoms with van der Waals surface area (Å²) in [6, 6.07) is 47.7. The molecule has 14 nitrogen and oxygen atoms in total. The average Bonchev–Trinajstić information content (AvgIpc) is 4.06. The van der Waals surface area contributed by atoms with Gasteiger partial charge in [-0.2, -0.15) is 0 Å². The summed E-state index contributed by atoms with van der Waals surface area (Å²) in [6.45, 7) is 1.36. The van der Waals surface area contributed by atoms with Gasteiger partial charge in [0.25, 0.3) is 11.8 Å². The van der Waals surface area contributed by atoms with Crippen LogP contribution in [0.5, 0.6) is 0 Å². The van der Waals surface area contributed by atoms with Crippen molar-refractivity contribution in [2.45, 2.75) is 30.0 Å². The highest BCUT2D eigenvalue weighted by Crippen LogP contribution is 2.44. The van der Waals surface area contributed by atoms with E-state index in [1.54, 1.807) is 11.5 Å². The fourth-order valence-corrected chi connectivity index (χ4v) is 11.2. The van der Waals surface area contributed by atoms with Crippen LogP contribution in [0.3, 0.4) is 0 Å². The molecule has 3 amide bonds. The average molecular weight is 991 g/mol. The van der Waals surface area contributed by atoms with Crippen LogP contribution in [0.1, 0.15) is 51.5 Å². The lowest BCUT2D eigenvalue weighted by molar-refractivity contribution is -0.154. The lowest BCUT2D eigenvalue weighted by Crippen LogP contribution is -2.71. The highest BCUT2D eigenvalue weighted by Gasteiger charge is 2.55. The van der Waals surface area contributed by atoms with Crippen LogP contribution in [0, 0.1) is 0 Å². The van der Waals surface area contributed by atoms with E-state index in [0.29, 0.717) is 20.6 Å². The summed E-state index contributed by atoms with van der Waals surface area (Å²) in [6.07, 6.45) is 0.819. The van der Waals surface area contributed by atoms with Crippen molar-refractivity contribution in [3.8, 4) is 0 Å². The van der Waals surface area contributed by atoms with Crippen molar-refractivity contribution in [1.82, 2.24) is 25.4 Å². The lowest BCUT2D eigenvalue weighted by Gasteiger charge is -2.49. The first-order chi connectivity index (χ1) is 33.6. The monoisotopic (exact) mass is 990 g/mol. The Morgan fingerprint density at radius 3 is 1.90 bits per heavy atom. The summed E-state index contributed by atoms with van der Waals surface area (Å²) in [5, 5.41) is 23.6. The molecule has 5 aromatic carbocycles. The van der Waals surface area contributed by atoms with E-state index in [0.717, 1.165) is 39.2 Å². The quantitative estimate of drug-likeness (QED) is 0.0182. The van der Waals surface area contributed by atoms with Gasteiger partial charge >= 0.3 is 5.97 Å². The van der Waals surface area contributed by atoms with Gasteiger partial charge in [0.1, 0.15) is 35.5 Å². The molecule has 0 radical (unpaired) electrons. The molecule has 2 unspecified atom stereocenters. The molecule has 9 rings (SSSR count). The number of rotatable bonds is 16. The molecule has 4 heterocycles. The normalized spacial score (nSPS) is 16.1. The number of thiazole rings is 1. The number of hydrogen-bond acceptors (Lipinski definition) is 15. The number of anilines is 2. The molecule has 2 atom stereocenters. The molecular formula is C51H42N8O6S4. The standard InChI is InChI=1S/C51H42N8O6S4/c1-31(60)52-50-57-56-45(69-50)39(66)28-34-29-67-47-41(46(62)59(47)42(34)48(63)65-43(32-18-8-3-9-19-32)33-20-10-4-11-21-33)54-44(61)40(58-64-2)38-30-68-49(53-38)55-51(35-22-12-5-13-23-35,36-24-14-6-15-25-36)37-26-16-7-17-27-37/h3-28,30,41,43,47,66H,29H2,1-2H3,(H,53,55)(H,54,61)(H,52,57,60). The topological polar surface area (TPSA) is 177 Å². The number of aromatic nitrogens is 3. The number of oxime groups is 1. The highest BCUT2D eigenvalue weighted by molar-refractivity contribution is 8.00. The maximum Gasteiger partial charge on any atom is 0.356 e. The van der Waals surface area contributed by atoms with Crippen LogP contribution in [-0.4, -0.2) is 73.8 Å². The molecule has 0 aliphatic carbocycles. The number of esters is 1. The first-order valence-electron chi connectivity index (χ1n) is 21.5. The number of ether oxygens (including phenoxy) is 1. The maximum atomic E-state index is 14.7. The summed E-state index contributed by atoms with van der Waals surface area (Å²) >= 11 is 8.44. The van der Waals surface area contributed by atoms with E-state index in [-0.39, 0.29) is 33.9 Å². The van der Waals surface area contributed by atoms with Crippen LogP contribution in [0.25, 0.3) is 4.91 Å². The second-order valence-corrected chi connectivity index (χ2v) is 19.0. The maximum absolute atomic E-state index is 14.7. The second-order valence-electron chi connectivity index (χ2n) is 15.6. The van der Waals surface area contributed by atoms with Gasteiger partial charge in [-0.3, -0.25) is 19.3 Å². The fraction of sp³-hybridized carbons (Fsp3) is 0.137. The van der Waals surface area contributed by atoms with Gasteiger partial charge in [0.15, 0.2) is 22.0 Å². The van der Waals surface area contributed by atoms with Gasteiger partial charge in [-0.25, -0.2) is 9.78 Å². The molecule has 69 heavy (non-hydrogen) atoms. The zero-order chi connectivity index (χ0) is 47.9. The van der Waals surface area contributed by atoms with Gasteiger partial charge in [-0.1, -0.05) is 168 Å². The fourth-order valence-electron chi connectivity index (χ4n) is 8.13. The predicted molar refractivity (Wildman–Crippen MR) is 273 cm³/mol. The molecule has 2 aliphatic heterocycles. The van der Waals surface area contributed by atoms with Gasteiger partial charge in [-0.05, 0) is 39.5 Å². The Balaban J connectivity index is 1.01. The SMILES string of the molecule is CON=C(C(=O)NC1C(=O)N2C(C(=O)OC(c3ccccc3)c3ccccc3)=C(C=C(S)c3nnc(NC(C)=O)s3)CSC12)c1csc(NC(c2ccccc2)(c2ccccc2)c2ccccc2)n1. The van der Waals surface area contributed by atoms with Gasteiger partial charge in [0.05, 0.1) is 0 Å². The number of hydrogen-bond donors (Lipinski definition) is 4. The Hall–Kier alpha value is -7.38. The number of β-lactam (4-membered cyclic amide) rings is 1. The van der Waals surface area contributed by atoms with Crippen molar-refractivity contribution in [3.05, 3.63) is 213 Å². The Bertz CT molecular complexity index is 2940. The van der Waals surface area contributed by atoms with Crippen molar-refractivity contribution in [2.24, 2.45) is 5.16 Å². The predicted octanol–water partition coefficient (Wildman–Crippen LogP) is 8.67. The van der Waals surface area contributed by atoms with Crippen molar-refractivity contribution in [3.63, 3.8) is 0 Å². The largest absolute Gasteiger partial charge is 0.448 e. The van der Waals surface area contributed by atoms with Gasteiger partial charge < -0.3 is 25.5 Å². The smallest absolute Gasteiger partial charge is 0.356 e. The molecule has 0 bridgehead atoms. The molecule has 1 saturated heterocycles. The highest BCUT2D eigenvalue weighted by atomic mass is 32.2. The number of carbonyl (C=O) groups excluding carboxylic acids is 4. The summed E-state index contributed by atoms with van der Waals surface area (Å²) in [5.74, 6) is -2.10. The lowest BCUT2D eigenvalue weighted by atomic mass is 9.77. The Kier molecular flexibility index (Phi) is 14.1. The Labute approximate surface area is 415 Å². The van der Waals surface area contributed by atoms with Crippen molar-refractivity contribution in [2.75, 3.05) is 23.5 Å². The second kappa shape index (κ2) is 20.9. The number of thiol groups is 1. The third-order valence-electron chi connectivity index (χ3n) is 11.2. The molecule has 0 spiro atoms. The molecule has 7 aromatic rings. The van der Waals surface area contributed by atoms with Crippen molar-refractivity contribution in [1.29, 1.82) is 0 Å². The van der Waals surface area contributed by atoms with E-state index >= 15 is 0 Å². The number of amides is 3. The van der Waals surface area contributed by atoms with Gasteiger partial charge in [0, 0.05) is 23.0 Å². The van der Waals surface area contributed by atoms with E-state index < -0.39 is 40.8 Å². The molecule has 2 aliphatic rings. The molecular weight excluding hydrogens is 949 g/mol. The number of carbonyl (C=O) groups is 4. The van der Waals surface area contributed by atoms with Crippen LogP contribution in [-0.2, 0) is 34.3 Å².